The molecule has 0 N–H and O–H groups in total. The molecule has 0 saturated carbocycles. The highest BCUT2D eigenvalue weighted by Crippen LogP contribution is 2.23. The predicted octanol–water partition coefficient (Wildman–Crippen LogP) is 5.26. The van der Waals surface area contributed by atoms with Crippen molar-refractivity contribution in [2.24, 2.45) is 5.41 Å². The maximum Gasteiger partial charge on any atom is 0.119 e. The lowest BCUT2D eigenvalue weighted by Gasteiger charge is -2.17. The van der Waals surface area contributed by atoms with E-state index in [2.05, 4.69) is 44.0 Å². The Morgan fingerprint density at radius 2 is 1.62 bits per heavy atom. The van der Waals surface area contributed by atoms with Crippen LogP contribution in [0.25, 0.3) is 11.1 Å². The van der Waals surface area contributed by atoms with Gasteiger partial charge in [-0.2, -0.15) is 0 Å². The van der Waals surface area contributed by atoms with Crippen molar-refractivity contribution in [3.8, 4) is 16.9 Å². The Kier molecular flexibility index (Phi) is 5.00. The molecule has 1 aromatic heterocycles. The van der Waals surface area contributed by atoms with Gasteiger partial charge in [0.1, 0.15) is 5.75 Å². The van der Waals surface area contributed by atoms with Crippen molar-refractivity contribution in [2.45, 2.75) is 40.5 Å². The van der Waals surface area contributed by atoms with Gasteiger partial charge >= 0.3 is 0 Å². The number of aryl methyl sites for hydroxylation is 1. The first-order chi connectivity index (χ1) is 9.94. The van der Waals surface area contributed by atoms with Crippen LogP contribution in [-0.2, 0) is 0 Å². The van der Waals surface area contributed by atoms with Crippen LogP contribution in [0.2, 0.25) is 0 Å². The number of benzene rings is 1. The molecule has 2 heteroatoms. The van der Waals surface area contributed by atoms with Crippen molar-refractivity contribution in [3.63, 3.8) is 0 Å². The smallest absolute Gasteiger partial charge is 0.119 e. The van der Waals surface area contributed by atoms with Crippen molar-refractivity contribution in [2.75, 3.05) is 6.61 Å². The van der Waals surface area contributed by atoms with Gasteiger partial charge in [-0.25, -0.2) is 0 Å². The van der Waals surface area contributed by atoms with E-state index >= 15 is 0 Å². The van der Waals surface area contributed by atoms with Crippen molar-refractivity contribution < 1.29 is 4.74 Å². The number of aromatic nitrogens is 1. The fourth-order valence-electron chi connectivity index (χ4n) is 2.17. The number of hydrogen-bond donors (Lipinski definition) is 0. The fourth-order valence-corrected chi connectivity index (χ4v) is 2.17. The van der Waals surface area contributed by atoms with Gasteiger partial charge in [0.05, 0.1) is 6.61 Å². The Morgan fingerprint density at radius 1 is 0.952 bits per heavy atom. The minimum atomic E-state index is 0.381. The van der Waals surface area contributed by atoms with E-state index in [0.717, 1.165) is 30.0 Å². The third-order valence-corrected chi connectivity index (χ3v) is 3.44. The zero-order chi connectivity index (χ0) is 15.3. The molecule has 0 aliphatic heterocycles. The van der Waals surface area contributed by atoms with Gasteiger partial charge in [0.15, 0.2) is 0 Å². The summed E-state index contributed by atoms with van der Waals surface area (Å²) in [5, 5.41) is 0. The summed E-state index contributed by atoms with van der Waals surface area (Å²) in [6, 6.07) is 12.4. The lowest BCUT2D eigenvalue weighted by Crippen LogP contribution is -2.07. The van der Waals surface area contributed by atoms with Gasteiger partial charge in [-0.05, 0) is 48.9 Å². The van der Waals surface area contributed by atoms with Crippen LogP contribution in [0.3, 0.4) is 0 Å². The molecule has 0 fully saturated rings. The summed E-state index contributed by atoms with van der Waals surface area (Å²) in [4.78, 5) is 4.33. The average Bonchev–Trinajstić information content (AvgIpc) is 2.44. The Labute approximate surface area is 128 Å². The van der Waals surface area contributed by atoms with Gasteiger partial charge in [-0.15, -0.1) is 0 Å². The summed E-state index contributed by atoms with van der Waals surface area (Å²) in [6.45, 7) is 9.56. The first-order valence-corrected chi connectivity index (χ1v) is 7.60. The van der Waals surface area contributed by atoms with Crippen LogP contribution in [0.15, 0.2) is 42.6 Å². The van der Waals surface area contributed by atoms with Crippen molar-refractivity contribution in [3.05, 3.63) is 48.3 Å². The molecule has 0 saturated heterocycles. The van der Waals surface area contributed by atoms with Gasteiger partial charge in [-0.1, -0.05) is 39.0 Å². The number of ether oxygens (including phenoxy) is 1. The minimum absolute atomic E-state index is 0.381. The average molecular weight is 283 g/mol. The molecule has 0 aliphatic rings. The molecule has 0 bridgehead atoms. The molecule has 1 heterocycles. The van der Waals surface area contributed by atoms with Crippen LogP contribution in [0.4, 0.5) is 0 Å². The molecule has 0 unspecified atom stereocenters. The number of nitrogens with zero attached hydrogens (tertiary/aromatic N) is 1. The standard InChI is InChI=1S/C19H25NO/c1-15-6-7-17(14-20-15)16-8-10-18(11-9-16)21-13-5-12-19(2,3)4/h6-11,14H,5,12-13H2,1-4H3. The zero-order valence-corrected chi connectivity index (χ0v) is 13.5. The summed E-state index contributed by atoms with van der Waals surface area (Å²) in [7, 11) is 0. The summed E-state index contributed by atoms with van der Waals surface area (Å²) in [5.74, 6) is 0.938. The SMILES string of the molecule is Cc1ccc(-c2ccc(OCCCC(C)(C)C)cc2)cn1. The monoisotopic (exact) mass is 283 g/mol. The molecule has 0 atom stereocenters. The van der Waals surface area contributed by atoms with Crippen LogP contribution in [0.1, 0.15) is 39.3 Å². The fraction of sp³-hybridized carbons (Fsp3) is 0.421. The van der Waals surface area contributed by atoms with E-state index in [0.29, 0.717) is 5.41 Å². The molecule has 2 nitrogen and oxygen atoms in total. The zero-order valence-electron chi connectivity index (χ0n) is 13.5. The van der Waals surface area contributed by atoms with Gasteiger partial charge in [0.2, 0.25) is 0 Å². The molecule has 21 heavy (non-hydrogen) atoms. The van der Waals surface area contributed by atoms with Crippen molar-refractivity contribution in [1.82, 2.24) is 4.98 Å². The summed E-state index contributed by atoms with van der Waals surface area (Å²) in [5.41, 5.74) is 3.73. The molecule has 0 amide bonds. The Bertz CT molecular complexity index is 550. The third-order valence-electron chi connectivity index (χ3n) is 3.44. The number of pyridine rings is 1. The highest BCUT2D eigenvalue weighted by atomic mass is 16.5. The predicted molar refractivity (Wildman–Crippen MR) is 88.6 cm³/mol. The van der Waals surface area contributed by atoms with Crippen LogP contribution in [-0.4, -0.2) is 11.6 Å². The summed E-state index contributed by atoms with van der Waals surface area (Å²) in [6.07, 6.45) is 4.18. The Morgan fingerprint density at radius 3 is 2.19 bits per heavy atom. The van der Waals surface area contributed by atoms with E-state index < -0.39 is 0 Å². The maximum absolute atomic E-state index is 5.80. The molecular weight excluding hydrogens is 258 g/mol. The quantitative estimate of drug-likeness (QED) is 0.698. The van der Waals surface area contributed by atoms with Gasteiger partial charge in [-0.3, -0.25) is 4.98 Å². The van der Waals surface area contributed by atoms with Crippen molar-refractivity contribution >= 4 is 0 Å². The molecule has 2 rings (SSSR count). The molecule has 0 spiro atoms. The topological polar surface area (TPSA) is 22.1 Å². The molecule has 1 aromatic carbocycles. The van der Waals surface area contributed by atoms with Gasteiger partial charge < -0.3 is 4.74 Å². The van der Waals surface area contributed by atoms with Gasteiger partial charge in [0.25, 0.3) is 0 Å². The van der Waals surface area contributed by atoms with Crippen LogP contribution in [0, 0.1) is 12.3 Å². The summed E-state index contributed by atoms with van der Waals surface area (Å²) < 4.78 is 5.80. The third kappa shape index (κ3) is 5.22. The first kappa shape index (κ1) is 15.6. The second kappa shape index (κ2) is 6.75. The van der Waals surface area contributed by atoms with Crippen LogP contribution >= 0.6 is 0 Å². The molecular formula is C19H25NO. The van der Waals surface area contributed by atoms with E-state index in [9.17, 15) is 0 Å². The van der Waals surface area contributed by atoms with E-state index in [1.54, 1.807) is 0 Å². The molecule has 112 valence electrons. The van der Waals surface area contributed by atoms with Crippen molar-refractivity contribution in [1.29, 1.82) is 0 Å². The minimum Gasteiger partial charge on any atom is -0.494 e. The van der Waals surface area contributed by atoms with E-state index in [4.69, 9.17) is 4.74 Å². The molecule has 0 aliphatic carbocycles. The molecule has 0 radical (unpaired) electrons. The number of hydrogen-bond acceptors (Lipinski definition) is 2. The van der Waals surface area contributed by atoms with E-state index in [-0.39, 0.29) is 0 Å². The summed E-state index contributed by atoms with van der Waals surface area (Å²) >= 11 is 0. The largest absolute Gasteiger partial charge is 0.494 e. The van der Waals surface area contributed by atoms with Crippen LogP contribution in [0.5, 0.6) is 5.75 Å². The second-order valence-corrected chi connectivity index (χ2v) is 6.73. The lowest BCUT2D eigenvalue weighted by molar-refractivity contribution is 0.269. The molecule has 2 aromatic rings. The van der Waals surface area contributed by atoms with E-state index in [1.807, 2.05) is 31.3 Å². The second-order valence-electron chi connectivity index (χ2n) is 6.73. The Hall–Kier alpha value is -1.83. The highest BCUT2D eigenvalue weighted by Gasteiger charge is 2.09. The van der Waals surface area contributed by atoms with E-state index in [1.165, 1.54) is 12.0 Å². The maximum atomic E-state index is 5.80. The lowest BCUT2D eigenvalue weighted by atomic mass is 9.91. The number of rotatable bonds is 5. The van der Waals surface area contributed by atoms with Crippen LogP contribution < -0.4 is 4.74 Å². The normalized spacial score (nSPS) is 11.4. The van der Waals surface area contributed by atoms with Gasteiger partial charge in [0, 0.05) is 17.5 Å². The first-order valence-electron chi connectivity index (χ1n) is 7.60. The highest BCUT2D eigenvalue weighted by molar-refractivity contribution is 5.63. The Balaban J connectivity index is 1.89.